The van der Waals surface area contributed by atoms with Crippen molar-refractivity contribution in [2.75, 3.05) is 13.1 Å². The van der Waals surface area contributed by atoms with Crippen LogP contribution in [0.15, 0.2) is 59.5 Å². The summed E-state index contributed by atoms with van der Waals surface area (Å²) in [5.74, 6) is -2.84. The smallest absolute Gasteiger partial charge is 0.274 e. The van der Waals surface area contributed by atoms with E-state index < -0.39 is 23.0 Å². The van der Waals surface area contributed by atoms with Gasteiger partial charge >= 0.3 is 0 Å². The number of likely N-dealkylation sites (N-methyl/N-ethyl adjacent to an activating group) is 1. The summed E-state index contributed by atoms with van der Waals surface area (Å²) in [6, 6.07) is 12.1. The van der Waals surface area contributed by atoms with Crippen LogP contribution in [-0.4, -0.2) is 34.4 Å². The normalized spacial score (nSPS) is 12.9. The highest BCUT2D eigenvalue weighted by molar-refractivity contribution is 5.99. The molecular weight excluding hydrogens is 444 g/mol. The van der Waals surface area contributed by atoms with Crippen LogP contribution in [-0.2, 0) is 19.7 Å². The van der Waals surface area contributed by atoms with E-state index in [0.29, 0.717) is 19.6 Å². The summed E-state index contributed by atoms with van der Waals surface area (Å²) in [6.45, 7) is 2.90. The first-order chi connectivity index (χ1) is 16.4. The fraction of sp³-hybridized carbons (Fsp3) is 0.240. The quantitative estimate of drug-likeness (QED) is 0.579. The summed E-state index contributed by atoms with van der Waals surface area (Å²) in [6.07, 6.45) is 1.33. The molecular formula is C25H23F2N3O4. The maximum atomic E-state index is 13.9. The van der Waals surface area contributed by atoms with Crippen LogP contribution >= 0.6 is 0 Å². The van der Waals surface area contributed by atoms with Crippen molar-refractivity contribution in [1.29, 1.82) is 0 Å². The Labute approximate surface area is 194 Å². The molecule has 3 aromatic rings. The Morgan fingerprint density at radius 2 is 1.85 bits per heavy atom. The highest BCUT2D eigenvalue weighted by Gasteiger charge is 2.31. The molecule has 0 aliphatic carbocycles. The number of pyridine rings is 1. The molecule has 1 aliphatic heterocycles. The van der Waals surface area contributed by atoms with E-state index in [-0.39, 0.29) is 41.6 Å². The molecule has 4 rings (SSSR count). The zero-order chi connectivity index (χ0) is 24.2. The van der Waals surface area contributed by atoms with Crippen LogP contribution < -0.4 is 15.5 Å². The Hall–Kier alpha value is -4.01. The van der Waals surface area contributed by atoms with Crippen molar-refractivity contribution in [2.45, 2.75) is 26.6 Å². The standard InChI is InChI=1S/C25H23F2N3O4/c1-2-29-10-11-30-14-19(24(32)28-13-17-8-9-18(26)12-20(17)27)22(31)23(21(30)25(29)33)34-15-16-6-4-3-5-7-16/h3-9,12,14H,2,10-11,13,15H2,1H3,(H,28,32). The molecule has 0 fully saturated rings. The van der Waals surface area contributed by atoms with E-state index in [9.17, 15) is 23.2 Å². The number of rotatable bonds is 7. The topological polar surface area (TPSA) is 80.6 Å². The molecule has 0 radical (unpaired) electrons. The van der Waals surface area contributed by atoms with Crippen molar-refractivity contribution in [3.8, 4) is 5.75 Å². The van der Waals surface area contributed by atoms with Gasteiger partial charge in [0, 0.05) is 44.0 Å². The molecule has 9 heteroatoms. The molecule has 176 valence electrons. The molecule has 1 N–H and O–H groups in total. The molecule has 0 bridgehead atoms. The minimum atomic E-state index is -0.806. The molecule has 2 amide bonds. The average molecular weight is 467 g/mol. The first-order valence-electron chi connectivity index (χ1n) is 10.8. The summed E-state index contributed by atoms with van der Waals surface area (Å²) in [7, 11) is 0. The largest absolute Gasteiger partial charge is 0.483 e. The summed E-state index contributed by atoms with van der Waals surface area (Å²) in [4.78, 5) is 40.7. The van der Waals surface area contributed by atoms with Crippen LogP contribution in [0.1, 0.15) is 38.9 Å². The van der Waals surface area contributed by atoms with E-state index in [1.165, 1.54) is 12.3 Å². The van der Waals surface area contributed by atoms with Gasteiger partial charge in [-0.05, 0) is 18.6 Å². The number of nitrogens with zero attached hydrogens (tertiary/aromatic N) is 2. The number of carbonyl (C=O) groups is 2. The third kappa shape index (κ3) is 4.68. The summed E-state index contributed by atoms with van der Waals surface area (Å²) in [5.41, 5.74) is -0.00664. The number of fused-ring (bicyclic) bond motifs is 1. The molecule has 0 saturated carbocycles. The molecule has 1 aliphatic rings. The lowest BCUT2D eigenvalue weighted by Gasteiger charge is -2.30. The maximum Gasteiger partial charge on any atom is 0.274 e. The second kappa shape index (κ2) is 9.86. The molecule has 0 atom stereocenters. The molecule has 34 heavy (non-hydrogen) atoms. The first-order valence-corrected chi connectivity index (χ1v) is 10.8. The molecule has 7 nitrogen and oxygen atoms in total. The van der Waals surface area contributed by atoms with Gasteiger partial charge in [-0.3, -0.25) is 14.4 Å². The number of amides is 2. The Kier molecular flexibility index (Phi) is 6.72. The number of nitrogens with one attached hydrogen (secondary N) is 1. The highest BCUT2D eigenvalue weighted by atomic mass is 19.1. The molecule has 2 heterocycles. The lowest BCUT2D eigenvalue weighted by molar-refractivity contribution is 0.0702. The molecule has 0 spiro atoms. The van der Waals surface area contributed by atoms with E-state index in [1.54, 1.807) is 9.47 Å². The molecule has 0 unspecified atom stereocenters. The van der Waals surface area contributed by atoms with E-state index in [4.69, 9.17) is 4.74 Å². The monoisotopic (exact) mass is 467 g/mol. The predicted molar refractivity (Wildman–Crippen MR) is 121 cm³/mol. The number of ether oxygens (including phenoxy) is 1. The number of aromatic nitrogens is 1. The predicted octanol–water partition coefficient (Wildman–Crippen LogP) is 3.11. The number of hydrogen-bond donors (Lipinski definition) is 1. The Bertz CT molecular complexity index is 1290. The minimum Gasteiger partial charge on any atom is -0.483 e. The van der Waals surface area contributed by atoms with Gasteiger partial charge in [-0.25, -0.2) is 8.78 Å². The third-order valence-electron chi connectivity index (χ3n) is 5.65. The van der Waals surface area contributed by atoms with Gasteiger partial charge in [-0.15, -0.1) is 0 Å². The van der Waals surface area contributed by atoms with E-state index in [2.05, 4.69) is 5.32 Å². The summed E-state index contributed by atoms with van der Waals surface area (Å²) >= 11 is 0. The number of carbonyl (C=O) groups excluding carboxylic acids is 2. The van der Waals surface area contributed by atoms with Crippen LogP contribution in [0.25, 0.3) is 0 Å². The van der Waals surface area contributed by atoms with E-state index in [0.717, 1.165) is 17.7 Å². The summed E-state index contributed by atoms with van der Waals surface area (Å²) < 4.78 is 34.4. The second-order valence-electron chi connectivity index (χ2n) is 7.82. The average Bonchev–Trinajstić information content (AvgIpc) is 2.83. The minimum absolute atomic E-state index is 0.0361. The van der Waals surface area contributed by atoms with Gasteiger partial charge in [0.15, 0.2) is 11.4 Å². The van der Waals surface area contributed by atoms with Gasteiger partial charge in [-0.1, -0.05) is 36.4 Å². The van der Waals surface area contributed by atoms with Crippen molar-refractivity contribution in [3.63, 3.8) is 0 Å². The van der Waals surface area contributed by atoms with Gasteiger partial charge < -0.3 is 19.5 Å². The van der Waals surface area contributed by atoms with Crippen LogP contribution in [0.2, 0.25) is 0 Å². The highest BCUT2D eigenvalue weighted by Crippen LogP contribution is 2.22. The SMILES string of the molecule is CCN1CCn2cc(C(=O)NCc3ccc(F)cc3F)c(=O)c(OCc3ccccc3)c2C1=O. The van der Waals surface area contributed by atoms with Crippen molar-refractivity contribution < 1.29 is 23.1 Å². The third-order valence-corrected chi connectivity index (χ3v) is 5.65. The Balaban J connectivity index is 1.67. The zero-order valence-electron chi connectivity index (χ0n) is 18.5. The van der Waals surface area contributed by atoms with Gasteiger partial charge in [0.2, 0.25) is 5.43 Å². The van der Waals surface area contributed by atoms with Gasteiger partial charge in [-0.2, -0.15) is 0 Å². The number of halogens is 2. The fourth-order valence-electron chi connectivity index (χ4n) is 3.78. The second-order valence-corrected chi connectivity index (χ2v) is 7.82. The lowest BCUT2D eigenvalue weighted by Crippen LogP contribution is -2.43. The molecule has 1 aromatic heterocycles. The number of benzene rings is 2. The van der Waals surface area contributed by atoms with Crippen LogP contribution in [0.5, 0.6) is 5.75 Å². The zero-order valence-corrected chi connectivity index (χ0v) is 18.5. The van der Waals surface area contributed by atoms with Gasteiger partial charge in [0.25, 0.3) is 11.8 Å². The molecule has 0 saturated heterocycles. The van der Waals surface area contributed by atoms with Gasteiger partial charge in [0.1, 0.15) is 23.8 Å². The van der Waals surface area contributed by atoms with Crippen molar-refractivity contribution in [3.05, 3.63) is 99.0 Å². The van der Waals surface area contributed by atoms with Gasteiger partial charge in [0.05, 0.1) is 0 Å². The van der Waals surface area contributed by atoms with Crippen LogP contribution in [0.4, 0.5) is 8.78 Å². The van der Waals surface area contributed by atoms with Crippen molar-refractivity contribution in [2.24, 2.45) is 0 Å². The lowest BCUT2D eigenvalue weighted by atomic mass is 10.1. The number of hydrogen-bond acceptors (Lipinski definition) is 4. The fourth-order valence-corrected chi connectivity index (χ4v) is 3.78. The maximum absolute atomic E-state index is 13.9. The molecule has 2 aromatic carbocycles. The van der Waals surface area contributed by atoms with Crippen molar-refractivity contribution >= 4 is 11.8 Å². The first kappa shape index (κ1) is 23.2. The Morgan fingerprint density at radius 1 is 1.09 bits per heavy atom. The van der Waals surface area contributed by atoms with Crippen LogP contribution in [0, 0.1) is 11.6 Å². The summed E-state index contributed by atoms with van der Waals surface area (Å²) in [5, 5.41) is 2.49. The van der Waals surface area contributed by atoms with E-state index in [1.807, 2.05) is 37.3 Å². The Morgan fingerprint density at radius 3 is 2.56 bits per heavy atom. The van der Waals surface area contributed by atoms with Crippen LogP contribution in [0.3, 0.4) is 0 Å². The van der Waals surface area contributed by atoms with E-state index >= 15 is 0 Å². The van der Waals surface area contributed by atoms with Crippen molar-refractivity contribution in [1.82, 2.24) is 14.8 Å².